The van der Waals surface area contributed by atoms with Crippen LogP contribution in [0.5, 0.6) is 0 Å². The predicted molar refractivity (Wildman–Crippen MR) is 121 cm³/mol. The van der Waals surface area contributed by atoms with Gasteiger partial charge in [-0.2, -0.15) is 0 Å². The van der Waals surface area contributed by atoms with Gasteiger partial charge in [-0.25, -0.2) is 19.6 Å². The van der Waals surface area contributed by atoms with Crippen LogP contribution < -0.4 is 16.0 Å². The molecule has 2 aliphatic carbocycles. The van der Waals surface area contributed by atoms with Crippen LogP contribution in [0.3, 0.4) is 0 Å². The summed E-state index contributed by atoms with van der Waals surface area (Å²) in [6, 6.07) is 2.42. The second-order valence-electron chi connectivity index (χ2n) is 9.54. The highest BCUT2D eigenvalue weighted by Crippen LogP contribution is 2.45. The number of aromatic nitrogens is 6. The third kappa shape index (κ3) is 3.60. The van der Waals surface area contributed by atoms with Crippen molar-refractivity contribution in [2.45, 2.75) is 52.2 Å². The van der Waals surface area contributed by atoms with E-state index in [2.05, 4.69) is 43.5 Å². The minimum atomic E-state index is 0.277. The molecule has 3 N–H and O–H groups in total. The molecule has 0 spiro atoms. The first-order chi connectivity index (χ1) is 15.5. The van der Waals surface area contributed by atoms with E-state index in [4.69, 9.17) is 10.7 Å². The fourth-order valence-electron chi connectivity index (χ4n) is 5.24. The Morgan fingerprint density at radius 1 is 1.19 bits per heavy atom. The molecule has 4 heterocycles. The van der Waals surface area contributed by atoms with Gasteiger partial charge < -0.3 is 16.0 Å². The molecule has 0 aromatic carbocycles. The van der Waals surface area contributed by atoms with Crippen molar-refractivity contribution in [1.29, 1.82) is 0 Å². The van der Waals surface area contributed by atoms with E-state index in [1.165, 1.54) is 17.5 Å². The lowest BCUT2D eigenvalue weighted by molar-refractivity contribution is 0.524. The summed E-state index contributed by atoms with van der Waals surface area (Å²) in [4.78, 5) is 16.1. The van der Waals surface area contributed by atoms with E-state index in [1.807, 2.05) is 24.0 Å². The number of piperidine rings is 1. The molecule has 0 bridgehead atoms. The van der Waals surface area contributed by atoms with Crippen LogP contribution in [0.4, 0.5) is 11.8 Å². The van der Waals surface area contributed by atoms with Gasteiger partial charge in [0.25, 0.3) is 0 Å². The van der Waals surface area contributed by atoms with E-state index < -0.39 is 0 Å². The van der Waals surface area contributed by atoms with Crippen molar-refractivity contribution < 1.29 is 0 Å². The quantitative estimate of drug-likeness (QED) is 0.609. The maximum atomic E-state index is 6.11. The van der Waals surface area contributed by atoms with Gasteiger partial charge in [0.05, 0.1) is 18.4 Å². The fourth-order valence-corrected chi connectivity index (χ4v) is 5.24. The first kappa shape index (κ1) is 19.6. The van der Waals surface area contributed by atoms with Gasteiger partial charge in [0.15, 0.2) is 0 Å². The largest absolute Gasteiger partial charge is 0.383 e. The average Bonchev–Trinajstić information content (AvgIpc) is 3.14. The summed E-state index contributed by atoms with van der Waals surface area (Å²) in [6.45, 7) is 7.55. The molecule has 1 saturated carbocycles. The van der Waals surface area contributed by atoms with Crippen molar-refractivity contribution in [3.8, 4) is 0 Å². The second kappa shape index (κ2) is 7.51. The highest BCUT2D eigenvalue weighted by atomic mass is 15.4. The molecular weight excluding hydrogens is 402 g/mol. The lowest BCUT2D eigenvalue weighted by atomic mass is 10.1. The van der Waals surface area contributed by atoms with E-state index in [9.17, 15) is 0 Å². The summed E-state index contributed by atoms with van der Waals surface area (Å²) in [5, 5.41) is 12.3. The number of hydrogen-bond donors (Lipinski definition) is 2. The zero-order chi connectivity index (χ0) is 21.8. The fraction of sp³-hybridized carbons (Fsp3) is 0.522. The van der Waals surface area contributed by atoms with Gasteiger partial charge in [-0.05, 0) is 62.1 Å². The lowest BCUT2D eigenvalue weighted by Gasteiger charge is -2.18. The Balaban J connectivity index is 1.09. The Bertz CT molecular complexity index is 1160. The van der Waals surface area contributed by atoms with Gasteiger partial charge in [0, 0.05) is 48.8 Å². The third-order valence-electron chi connectivity index (χ3n) is 7.16. The van der Waals surface area contributed by atoms with E-state index in [0.29, 0.717) is 18.9 Å². The first-order valence-corrected chi connectivity index (χ1v) is 11.5. The summed E-state index contributed by atoms with van der Waals surface area (Å²) < 4.78 is 1.86. The van der Waals surface area contributed by atoms with Gasteiger partial charge in [-0.1, -0.05) is 5.21 Å². The van der Waals surface area contributed by atoms with Gasteiger partial charge in [-0.15, -0.1) is 5.10 Å². The zero-order valence-electron chi connectivity index (χ0n) is 18.6. The molecule has 9 heteroatoms. The molecule has 1 saturated heterocycles. The van der Waals surface area contributed by atoms with Crippen molar-refractivity contribution in [1.82, 2.24) is 35.3 Å². The minimum absolute atomic E-state index is 0.277. The smallest absolute Gasteiger partial charge is 0.225 e. The predicted octanol–water partition coefficient (Wildman–Crippen LogP) is 1.94. The van der Waals surface area contributed by atoms with Crippen LogP contribution in [0.15, 0.2) is 18.5 Å². The number of nitrogens with two attached hydrogens (primary N) is 1. The number of fused-ring (bicyclic) bond motifs is 2. The number of nitrogens with one attached hydrogen (secondary N) is 1. The van der Waals surface area contributed by atoms with E-state index in [-0.39, 0.29) is 6.04 Å². The topological polar surface area (TPSA) is 111 Å². The SMILES string of the molecule is Cc1cc2c(c(N)n1)CC[C@H]2NCc1cn(Cc2cnc(N3CC4CC4C3)nc2C)nn1. The summed E-state index contributed by atoms with van der Waals surface area (Å²) in [5.74, 6) is 3.28. The molecule has 32 heavy (non-hydrogen) atoms. The maximum absolute atomic E-state index is 6.11. The minimum Gasteiger partial charge on any atom is -0.383 e. The Morgan fingerprint density at radius 3 is 2.84 bits per heavy atom. The van der Waals surface area contributed by atoms with Crippen LogP contribution in [0, 0.1) is 25.7 Å². The number of rotatable bonds is 6. The molecular formula is C23H29N9. The van der Waals surface area contributed by atoms with E-state index in [1.54, 1.807) is 0 Å². The van der Waals surface area contributed by atoms with E-state index >= 15 is 0 Å². The summed E-state index contributed by atoms with van der Waals surface area (Å²) in [6.07, 6.45) is 7.32. The molecule has 6 rings (SSSR count). The lowest BCUT2D eigenvalue weighted by Crippen LogP contribution is -2.24. The van der Waals surface area contributed by atoms with Crippen LogP contribution in [0.1, 0.15) is 52.7 Å². The van der Waals surface area contributed by atoms with Crippen molar-refractivity contribution in [2.24, 2.45) is 11.8 Å². The molecule has 166 valence electrons. The van der Waals surface area contributed by atoms with E-state index in [0.717, 1.165) is 66.4 Å². The number of anilines is 2. The number of aryl methyl sites for hydroxylation is 2. The van der Waals surface area contributed by atoms with Gasteiger partial charge in [-0.3, -0.25) is 0 Å². The van der Waals surface area contributed by atoms with Gasteiger partial charge in [0.1, 0.15) is 5.82 Å². The average molecular weight is 432 g/mol. The molecule has 0 radical (unpaired) electrons. The van der Waals surface area contributed by atoms with Gasteiger partial charge >= 0.3 is 0 Å². The summed E-state index contributed by atoms with van der Waals surface area (Å²) in [7, 11) is 0. The van der Waals surface area contributed by atoms with Crippen molar-refractivity contribution in [3.63, 3.8) is 0 Å². The third-order valence-corrected chi connectivity index (χ3v) is 7.16. The first-order valence-electron chi connectivity index (χ1n) is 11.5. The molecule has 3 aliphatic rings. The van der Waals surface area contributed by atoms with Crippen LogP contribution in [-0.2, 0) is 19.5 Å². The van der Waals surface area contributed by atoms with Crippen LogP contribution in [0.2, 0.25) is 0 Å². The summed E-state index contributed by atoms with van der Waals surface area (Å²) >= 11 is 0. The zero-order valence-corrected chi connectivity index (χ0v) is 18.6. The molecule has 2 unspecified atom stereocenters. The Kier molecular flexibility index (Phi) is 4.60. The highest BCUT2D eigenvalue weighted by Gasteiger charge is 2.45. The molecule has 2 fully saturated rings. The van der Waals surface area contributed by atoms with Crippen molar-refractivity contribution in [3.05, 3.63) is 52.2 Å². The molecule has 3 aromatic rings. The number of hydrogen-bond acceptors (Lipinski definition) is 8. The molecule has 9 nitrogen and oxygen atoms in total. The monoisotopic (exact) mass is 431 g/mol. The van der Waals surface area contributed by atoms with Crippen molar-refractivity contribution >= 4 is 11.8 Å². The molecule has 1 aliphatic heterocycles. The van der Waals surface area contributed by atoms with Crippen LogP contribution >= 0.6 is 0 Å². The van der Waals surface area contributed by atoms with Crippen LogP contribution in [-0.4, -0.2) is 43.0 Å². The van der Waals surface area contributed by atoms with Gasteiger partial charge in [0.2, 0.25) is 5.95 Å². The summed E-state index contributed by atoms with van der Waals surface area (Å²) in [5.41, 5.74) is 12.5. The van der Waals surface area contributed by atoms with Crippen molar-refractivity contribution in [2.75, 3.05) is 23.7 Å². The normalized spacial score (nSPS) is 23.4. The Hall–Kier alpha value is -3.07. The Morgan fingerprint density at radius 2 is 2.03 bits per heavy atom. The second-order valence-corrected chi connectivity index (χ2v) is 9.54. The highest BCUT2D eigenvalue weighted by molar-refractivity contribution is 5.50. The number of nitrogens with zero attached hydrogens (tertiary/aromatic N) is 7. The molecule has 0 amide bonds. The molecule has 3 atom stereocenters. The number of nitrogen functional groups attached to an aromatic ring is 1. The Labute approximate surface area is 187 Å². The molecule has 3 aromatic heterocycles. The van der Waals surface area contributed by atoms with Crippen LogP contribution in [0.25, 0.3) is 0 Å². The maximum Gasteiger partial charge on any atom is 0.225 e. The number of pyridine rings is 1. The standard InChI is InChI=1S/C23H29N9/c1-13-5-20-19(22(24)27-13)3-4-21(20)25-8-18-12-32(30-29-18)11-17-7-26-23(28-14(17)2)31-9-15-6-16(15)10-31/h5,7,12,15-16,21,25H,3-4,6,8-11H2,1-2H3,(H2,24,27)/t15?,16?,21-/m1/s1.